The fourth-order valence-electron chi connectivity index (χ4n) is 0. The average molecular weight is 105 g/mol. The Morgan fingerprint density at radius 2 is 2.20 bits per heavy atom. The van der Waals surface area contributed by atoms with E-state index in [1.165, 1.54) is 0 Å². The molecule has 0 saturated carbocycles. The maximum atomic E-state index is 9.69. The number of terminal acetylenes is 1. The minimum atomic E-state index is -1.40. The molecule has 0 spiro atoms. The van der Waals surface area contributed by atoms with Gasteiger partial charge >= 0.3 is 0 Å². The van der Waals surface area contributed by atoms with Crippen LogP contribution < -0.4 is 4.89 Å². The van der Waals surface area contributed by atoms with Crippen LogP contribution in [0.15, 0.2) is 0 Å². The van der Waals surface area contributed by atoms with Crippen LogP contribution in [0.5, 0.6) is 0 Å². The van der Waals surface area contributed by atoms with E-state index in [0.717, 1.165) is 0 Å². The van der Waals surface area contributed by atoms with Crippen LogP contribution in [0.4, 0.5) is 0 Å². The highest BCUT2D eigenvalue weighted by Crippen LogP contribution is 2.31. The van der Waals surface area contributed by atoms with Crippen molar-refractivity contribution in [2.45, 2.75) is 0 Å². The van der Waals surface area contributed by atoms with E-state index in [2.05, 4.69) is 6.42 Å². The van der Waals surface area contributed by atoms with Crippen molar-refractivity contribution in [3.8, 4) is 12.1 Å². The maximum absolute atomic E-state index is 9.69. The monoisotopic (exact) mass is 105 g/mol. The van der Waals surface area contributed by atoms with Gasteiger partial charge in [0.05, 0.1) is 0 Å². The highest BCUT2D eigenvalue weighted by molar-refractivity contribution is 8.12. The van der Waals surface area contributed by atoms with Crippen LogP contribution in [-0.4, -0.2) is 0 Å². The van der Waals surface area contributed by atoms with Crippen LogP contribution in [0.1, 0.15) is 0 Å². The molecule has 5 heavy (non-hydrogen) atoms. The van der Waals surface area contributed by atoms with Gasteiger partial charge < -0.3 is 4.89 Å². The zero-order chi connectivity index (χ0) is 4.28. The molecule has 0 rings (SSSR count). The summed E-state index contributed by atoms with van der Waals surface area (Å²) in [5.41, 5.74) is 2.00. The Morgan fingerprint density at radius 3 is 2.20 bits per heavy atom. The standard InChI is InChI=1S/C2H3OP2/c1-2-5(3)4/h1H,4H2/q-1. The highest BCUT2D eigenvalue weighted by Gasteiger charge is 1.58. The molecular weight excluding hydrogens is 102 g/mol. The fraction of sp³-hybridized carbons (Fsp3) is 0. The van der Waals surface area contributed by atoms with Crippen molar-refractivity contribution in [3.05, 3.63) is 0 Å². The summed E-state index contributed by atoms with van der Waals surface area (Å²) < 4.78 is 0. The molecule has 3 heteroatoms. The van der Waals surface area contributed by atoms with Crippen LogP contribution in [0.3, 0.4) is 0 Å². The summed E-state index contributed by atoms with van der Waals surface area (Å²) in [5.74, 6) is 0. The lowest BCUT2D eigenvalue weighted by Crippen LogP contribution is -1.79. The molecule has 0 saturated heterocycles. The second-order valence-corrected chi connectivity index (χ2v) is 2.77. The van der Waals surface area contributed by atoms with Crippen LogP contribution in [0.2, 0.25) is 0 Å². The minimum absolute atomic E-state index is 1.40. The van der Waals surface area contributed by atoms with Crippen molar-refractivity contribution in [1.29, 1.82) is 0 Å². The summed E-state index contributed by atoms with van der Waals surface area (Å²) in [7, 11) is 0.603. The largest absolute Gasteiger partial charge is 0.817 e. The summed E-state index contributed by atoms with van der Waals surface area (Å²) in [6.45, 7) is 0. The van der Waals surface area contributed by atoms with Gasteiger partial charge in [-0.1, -0.05) is 5.66 Å². The van der Waals surface area contributed by atoms with Gasteiger partial charge in [-0.2, -0.15) is 0 Å². The predicted molar refractivity (Wildman–Crippen MR) is 25.5 cm³/mol. The van der Waals surface area contributed by atoms with Crippen molar-refractivity contribution in [2.75, 3.05) is 0 Å². The Bertz CT molecular complexity index is 53.2. The third kappa shape index (κ3) is 4.38. The first-order chi connectivity index (χ1) is 2.27. The molecule has 0 bridgehead atoms. The Balaban J connectivity index is 2.94. The Morgan fingerprint density at radius 1 is 2.00 bits per heavy atom. The van der Waals surface area contributed by atoms with Crippen molar-refractivity contribution >= 4 is 16.8 Å². The lowest BCUT2D eigenvalue weighted by atomic mass is 11.4. The van der Waals surface area contributed by atoms with Gasteiger partial charge in [-0.25, -0.2) is 0 Å². The second kappa shape index (κ2) is 2.61. The van der Waals surface area contributed by atoms with Gasteiger partial charge in [0.2, 0.25) is 0 Å². The molecule has 0 radical (unpaired) electrons. The summed E-state index contributed by atoms with van der Waals surface area (Å²) >= 11 is 0. The minimum Gasteiger partial charge on any atom is -0.817 e. The molecule has 0 aromatic rings. The van der Waals surface area contributed by atoms with Crippen LogP contribution in [0, 0.1) is 12.1 Å². The van der Waals surface area contributed by atoms with E-state index in [1.54, 1.807) is 0 Å². The van der Waals surface area contributed by atoms with Crippen molar-refractivity contribution < 1.29 is 4.89 Å². The quantitative estimate of drug-likeness (QED) is 0.317. The Hall–Kier alpha value is 0.380. The molecule has 0 heterocycles. The molecule has 0 aromatic heterocycles. The molecule has 0 fully saturated rings. The lowest BCUT2D eigenvalue weighted by molar-refractivity contribution is -0.150. The molecule has 0 aromatic carbocycles. The number of rotatable bonds is 0. The van der Waals surface area contributed by atoms with Crippen molar-refractivity contribution in [3.63, 3.8) is 0 Å². The van der Waals surface area contributed by atoms with Gasteiger partial charge in [0.25, 0.3) is 0 Å². The van der Waals surface area contributed by atoms with E-state index in [0.29, 0.717) is 0 Å². The van der Waals surface area contributed by atoms with Crippen LogP contribution in [-0.2, 0) is 0 Å². The Labute approximate surface area is 34.7 Å². The van der Waals surface area contributed by atoms with Gasteiger partial charge in [0.1, 0.15) is 0 Å². The molecule has 0 amide bonds. The van der Waals surface area contributed by atoms with Gasteiger partial charge in [0, 0.05) is 0 Å². The zero-order valence-corrected chi connectivity index (χ0v) is 4.56. The van der Waals surface area contributed by atoms with Gasteiger partial charge in [-0.3, -0.25) is 0 Å². The van der Waals surface area contributed by atoms with Crippen molar-refractivity contribution in [1.82, 2.24) is 0 Å². The van der Waals surface area contributed by atoms with E-state index in [1.807, 2.05) is 14.6 Å². The number of hydrogen-bond donors (Lipinski definition) is 0. The smallest absolute Gasteiger partial charge is 0.0929 e. The Kier molecular flexibility index (Phi) is 2.81. The predicted octanol–water partition coefficient (Wildman–Crippen LogP) is 0.124. The number of hydrogen-bond acceptors (Lipinski definition) is 1. The summed E-state index contributed by atoms with van der Waals surface area (Å²) in [4.78, 5) is 9.69. The molecule has 0 aliphatic carbocycles. The van der Waals surface area contributed by atoms with Crippen LogP contribution in [0.25, 0.3) is 0 Å². The first-order valence-corrected chi connectivity index (χ1v) is 3.83. The van der Waals surface area contributed by atoms with Gasteiger partial charge in [0.15, 0.2) is 0 Å². The van der Waals surface area contributed by atoms with E-state index in [4.69, 9.17) is 0 Å². The summed E-state index contributed by atoms with van der Waals surface area (Å²) in [6, 6.07) is 0. The topological polar surface area (TPSA) is 23.1 Å². The first kappa shape index (κ1) is 5.38. The van der Waals surface area contributed by atoms with E-state index in [9.17, 15) is 4.89 Å². The zero-order valence-electron chi connectivity index (χ0n) is 2.51. The first-order valence-electron chi connectivity index (χ1n) is 0.953. The highest BCUT2D eigenvalue weighted by atomic mass is 32.0. The summed E-state index contributed by atoms with van der Waals surface area (Å²) in [6.07, 6.45) is 4.62. The van der Waals surface area contributed by atoms with Crippen LogP contribution >= 0.6 is 16.8 Å². The van der Waals surface area contributed by atoms with E-state index in [-0.39, 0.29) is 0 Å². The molecule has 0 N–H and O–H groups in total. The van der Waals surface area contributed by atoms with Gasteiger partial charge in [-0.05, 0) is 0 Å². The molecular formula is C2H3OP2-. The summed E-state index contributed by atoms with van der Waals surface area (Å²) in [5, 5.41) is 0. The van der Waals surface area contributed by atoms with Crippen molar-refractivity contribution in [2.24, 2.45) is 0 Å². The van der Waals surface area contributed by atoms with E-state index >= 15 is 0 Å². The molecule has 28 valence electrons. The lowest BCUT2D eigenvalue weighted by Gasteiger charge is -2.02. The molecule has 2 unspecified atom stereocenters. The molecule has 0 aliphatic heterocycles. The third-order valence-corrected chi connectivity index (χ3v) is 0.829. The average Bonchev–Trinajstić information content (AvgIpc) is 1.38. The maximum Gasteiger partial charge on any atom is -0.0929 e. The molecule has 2 atom stereocenters. The normalized spacial score (nSPS) is 13.0. The van der Waals surface area contributed by atoms with Gasteiger partial charge in [-0.15, -0.1) is 23.2 Å². The third-order valence-electron chi connectivity index (χ3n) is 0.127. The molecule has 0 aliphatic rings. The molecule has 1 nitrogen and oxygen atoms in total. The fourth-order valence-corrected chi connectivity index (χ4v) is 0. The SMILES string of the molecule is C#CP([O-])P. The second-order valence-electron chi connectivity index (χ2n) is 0.455. The van der Waals surface area contributed by atoms with E-state index < -0.39 is 7.84 Å².